The summed E-state index contributed by atoms with van der Waals surface area (Å²) in [6, 6.07) is 12.5. The zero-order valence-electron chi connectivity index (χ0n) is 30.5. The number of morpholine rings is 1. The smallest absolute Gasteiger partial charge is 0.243 e. The lowest BCUT2D eigenvalue weighted by molar-refractivity contribution is -0.146. The van der Waals surface area contributed by atoms with Crippen molar-refractivity contribution in [1.29, 1.82) is 0 Å². The quantitative estimate of drug-likeness (QED) is 0.174. The van der Waals surface area contributed by atoms with E-state index in [1.807, 2.05) is 56.3 Å². The molecule has 11 nitrogen and oxygen atoms in total. The Morgan fingerprint density at radius 1 is 1.00 bits per heavy atom. The van der Waals surface area contributed by atoms with E-state index in [4.69, 9.17) is 4.74 Å². The molecule has 4 N–H and O–H groups in total. The predicted octanol–water partition coefficient (Wildman–Crippen LogP) is 4.26. The number of aliphatic hydroxyl groups excluding tert-OH is 2. The summed E-state index contributed by atoms with van der Waals surface area (Å²) < 4.78 is 5.47. The SMILES string of the molecule is CC(C)C(O)CC(O)[C@H](CC1CCCCC1)NC(=O)[C@H](Cc1c[nH]cn1)N(C)C(=O)C(CC(=O)N1CCOCC1)Cc1cccc2ccccc12. The fourth-order valence-electron chi connectivity index (χ4n) is 7.64. The summed E-state index contributed by atoms with van der Waals surface area (Å²) in [5.41, 5.74) is 1.58. The molecule has 3 amide bonds. The number of amides is 3. The van der Waals surface area contributed by atoms with Gasteiger partial charge < -0.3 is 35.1 Å². The van der Waals surface area contributed by atoms with Crippen molar-refractivity contribution in [3.8, 4) is 0 Å². The van der Waals surface area contributed by atoms with Crippen LogP contribution in [0.1, 0.15) is 76.5 Å². The average molecular weight is 704 g/mol. The van der Waals surface area contributed by atoms with Crippen LogP contribution in [0, 0.1) is 17.8 Å². The monoisotopic (exact) mass is 703 g/mol. The van der Waals surface area contributed by atoms with Crippen LogP contribution in [0.25, 0.3) is 10.8 Å². The van der Waals surface area contributed by atoms with Gasteiger partial charge in [-0.3, -0.25) is 14.4 Å². The van der Waals surface area contributed by atoms with Gasteiger partial charge in [-0.2, -0.15) is 0 Å². The Kier molecular flexibility index (Phi) is 14.0. The normalized spacial score (nSPS) is 18.6. The van der Waals surface area contributed by atoms with E-state index in [0.717, 1.165) is 42.0 Å². The lowest BCUT2D eigenvalue weighted by Crippen LogP contribution is -2.55. The fraction of sp³-hybridized carbons (Fsp3) is 0.600. The van der Waals surface area contributed by atoms with Crippen LogP contribution in [0.3, 0.4) is 0 Å². The summed E-state index contributed by atoms with van der Waals surface area (Å²) in [5, 5.41) is 27.3. The Hall–Kier alpha value is -3.80. The molecule has 3 unspecified atom stereocenters. The molecule has 1 aliphatic heterocycles. The lowest BCUT2D eigenvalue weighted by Gasteiger charge is -2.35. The van der Waals surface area contributed by atoms with Crippen molar-refractivity contribution in [2.45, 2.75) is 102 Å². The number of nitrogens with zero attached hydrogens (tertiary/aromatic N) is 3. The summed E-state index contributed by atoms with van der Waals surface area (Å²) in [4.78, 5) is 53.3. The van der Waals surface area contributed by atoms with Gasteiger partial charge in [0.25, 0.3) is 0 Å². The van der Waals surface area contributed by atoms with E-state index in [1.165, 1.54) is 11.3 Å². The third-order valence-corrected chi connectivity index (χ3v) is 10.9. The Morgan fingerprint density at radius 2 is 1.73 bits per heavy atom. The molecular weight excluding hydrogens is 646 g/mol. The standard InChI is InChI=1S/C40H57N5O6/c1-27(2)36(46)24-37(47)34(20-28-10-5-4-6-11-28)43-39(49)35(23-32-25-41-26-42-32)44(3)40(50)31(22-38(48)45-16-18-51-19-17-45)21-30-14-9-13-29-12-7-8-15-33(29)30/h7-9,12-15,25-28,31,34-37,46-47H,4-6,10-11,16-24H2,1-3H3,(H,41,42)(H,43,49)/t31?,34-,35-,36?,37?/m0/s1. The van der Waals surface area contributed by atoms with Crippen molar-refractivity contribution in [3.63, 3.8) is 0 Å². The molecule has 2 heterocycles. The van der Waals surface area contributed by atoms with Crippen LogP contribution < -0.4 is 5.32 Å². The van der Waals surface area contributed by atoms with Crippen LogP contribution in [0.5, 0.6) is 0 Å². The molecule has 51 heavy (non-hydrogen) atoms. The first kappa shape index (κ1) is 38.4. The highest BCUT2D eigenvalue weighted by Gasteiger charge is 2.37. The summed E-state index contributed by atoms with van der Waals surface area (Å²) in [6.07, 6.45) is 8.31. The highest BCUT2D eigenvalue weighted by atomic mass is 16.5. The Labute approximate surface area is 302 Å². The van der Waals surface area contributed by atoms with Gasteiger partial charge in [0, 0.05) is 45.6 Å². The number of hydrogen-bond acceptors (Lipinski definition) is 7. The molecule has 1 saturated heterocycles. The first-order chi connectivity index (χ1) is 24.6. The summed E-state index contributed by atoms with van der Waals surface area (Å²) in [5.74, 6) is -1.22. The second-order valence-electron chi connectivity index (χ2n) is 14.9. The number of likely N-dealkylation sites (N-methyl/N-ethyl adjacent to an activating group) is 1. The van der Waals surface area contributed by atoms with Gasteiger partial charge in [-0.25, -0.2) is 4.98 Å². The fourth-order valence-corrected chi connectivity index (χ4v) is 7.64. The van der Waals surface area contributed by atoms with Crippen LogP contribution in [0.4, 0.5) is 0 Å². The van der Waals surface area contributed by atoms with E-state index >= 15 is 0 Å². The Bertz CT molecular complexity index is 1550. The zero-order valence-corrected chi connectivity index (χ0v) is 30.5. The van der Waals surface area contributed by atoms with Crippen molar-refractivity contribution < 1.29 is 29.3 Å². The topological polar surface area (TPSA) is 148 Å². The maximum Gasteiger partial charge on any atom is 0.243 e. The van der Waals surface area contributed by atoms with Gasteiger partial charge in [-0.1, -0.05) is 88.4 Å². The summed E-state index contributed by atoms with van der Waals surface area (Å²) >= 11 is 0. The Balaban J connectivity index is 1.42. The molecule has 5 rings (SSSR count). The summed E-state index contributed by atoms with van der Waals surface area (Å²) in [7, 11) is 1.63. The third kappa shape index (κ3) is 10.6. The number of nitrogens with one attached hydrogen (secondary N) is 2. The van der Waals surface area contributed by atoms with Gasteiger partial charge in [-0.05, 0) is 41.0 Å². The van der Waals surface area contributed by atoms with Gasteiger partial charge in [0.15, 0.2) is 0 Å². The second kappa shape index (κ2) is 18.6. The number of aliphatic hydroxyl groups is 2. The molecule has 2 aromatic carbocycles. The molecule has 1 aliphatic carbocycles. The molecule has 0 bridgehead atoms. The number of benzene rings is 2. The number of aromatic amines is 1. The first-order valence-corrected chi connectivity index (χ1v) is 18.8. The maximum absolute atomic E-state index is 14.7. The molecule has 3 aromatic rings. The van der Waals surface area contributed by atoms with Gasteiger partial charge >= 0.3 is 0 Å². The van der Waals surface area contributed by atoms with E-state index in [9.17, 15) is 24.6 Å². The van der Waals surface area contributed by atoms with Gasteiger partial charge in [0.2, 0.25) is 17.7 Å². The number of carbonyl (C=O) groups excluding carboxylic acids is 3. The number of carbonyl (C=O) groups is 3. The molecule has 278 valence electrons. The highest BCUT2D eigenvalue weighted by molar-refractivity contribution is 5.92. The number of H-pyrrole nitrogens is 1. The minimum absolute atomic E-state index is 0.000746. The number of fused-ring (bicyclic) bond motifs is 1. The zero-order chi connectivity index (χ0) is 36.3. The molecule has 5 atom stereocenters. The number of rotatable bonds is 16. The molecular formula is C40H57N5O6. The van der Waals surface area contributed by atoms with Crippen molar-refractivity contribution in [3.05, 3.63) is 66.2 Å². The number of ether oxygens (including phenoxy) is 1. The molecule has 0 radical (unpaired) electrons. The van der Waals surface area contributed by atoms with Crippen LogP contribution in [-0.2, 0) is 32.0 Å². The molecule has 11 heteroatoms. The van der Waals surface area contributed by atoms with Crippen LogP contribution in [0.15, 0.2) is 55.0 Å². The molecule has 2 fully saturated rings. The molecule has 1 aromatic heterocycles. The van der Waals surface area contributed by atoms with E-state index in [0.29, 0.717) is 50.8 Å². The van der Waals surface area contributed by atoms with Crippen molar-refractivity contribution >= 4 is 28.5 Å². The van der Waals surface area contributed by atoms with Crippen LogP contribution >= 0.6 is 0 Å². The van der Waals surface area contributed by atoms with Crippen molar-refractivity contribution in [2.75, 3.05) is 33.4 Å². The minimum atomic E-state index is -0.953. The predicted molar refractivity (Wildman–Crippen MR) is 197 cm³/mol. The van der Waals surface area contributed by atoms with Crippen LogP contribution in [-0.4, -0.2) is 105 Å². The second-order valence-corrected chi connectivity index (χ2v) is 14.9. The Morgan fingerprint density at radius 3 is 2.43 bits per heavy atom. The van der Waals surface area contributed by atoms with E-state index in [-0.39, 0.29) is 37.0 Å². The largest absolute Gasteiger partial charge is 0.393 e. The molecule has 0 spiro atoms. The first-order valence-electron chi connectivity index (χ1n) is 18.8. The van der Waals surface area contributed by atoms with Crippen molar-refractivity contribution in [1.82, 2.24) is 25.1 Å². The molecule has 1 saturated carbocycles. The van der Waals surface area contributed by atoms with Gasteiger partial charge in [0.1, 0.15) is 6.04 Å². The van der Waals surface area contributed by atoms with Crippen LogP contribution in [0.2, 0.25) is 0 Å². The lowest BCUT2D eigenvalue weighted by atomic mass is 9.82. The number of aromatic nitrogens is 2. The van der Waals surface area contributed by atoms with E-state index in [2.05, 4.69) is 15.3 Å². The minimum Gasteiger partial charge on any atom is -0.393 e. The maximum atomic E-state index is 14.7. The van der Waals surface area contributed by atoms with Crippen molar-refractivity contribution in [2.24, 2.45) is 17.8 Å². The van der Waals surface area contributed by atoms with E-state index < -0.39 is 36.1 Å². The summed E-state index contributed by atoms with van der Waals surface area (Å²) in [6.45, 7) is 5.69. The highest BCUT2D eigenvalue weighted by Crippen LogP contribution is 2.30. The average Bonchev–Trinajstić information content (AvgIpc) is 3.67. The van der Waals surface area contributed by atoms with Gasteiger partial charge in [-0.15, -0.1) is 0 Å². The van der Waals surface area contributed by atoms with Gasteiger partial charge in [0.05, 0.1) is 49.4 Å². The number of imidazole rings is 1. The third-order valence-electron chi connectivity index (χ3n) is 10.9. The van der Waals surface area contributed by atoms with E-state index in [1.54, 1.807) is 24.5 Å². The molecule has 2 aliphatic rings. The number of hydrogen-bond donors (Lipinski definition) is 4.